The molecule has 8 nitrogen and oxygen atoms in total. The molecule has 0 aromatic heterocycles. The van der Waals surface area contributed by atoms with Gasteiger partial charge in [-0.15, -0.1) is 0 Å². The minimum absolute atomic E-state index is 0.233. The Morgan fingerprint density at radius 3 is 2.46 bits per heavy atom. The smallest absolute Gasteiger partial charge is 0.236 e. The van der Waals surface area contributed by atoms with E-state index >= 15 is 0 Å². The molecule has 0 aromatic carbocycles. The van der Waals surface area contributed by atoms with Gasteiger partial charge in [-0.2, -0.15) is 0 Å². The van der Waals surface area contributed by atoms with Crippen molar-refractivity contribution in [2.24, 2.45) is 4.99 Å². The van der Waals surface area contributed by atoms with Gasteiger partial charge in [-0.25, -0.2) is 0 Å². The van der Waals surface area contributed by atoms with Crippen LogP contribution in [0.25, 0.3) is 0 Å². The molecule has 1 atom stereocenters. The predicted molar refractivity (Wildman–Crippen MR) is 112 cm³/mol. The summed E-state index contributed by atoms with van der Waals surface area (Å²) in [4.78, 5) is 26.1. The van der Waals surface area contributed by atoms with E-state index in [2.05, 4.69) is 31.9 Å². The molecule has 1 N–H and O–H groups in total. The fourth-order valence-corrected chi connectivity index (χ4v) is 4.47. The number of hydrogen-bond donors (Lipinski definition) is 1. The van der Waals surface area contributed by atoms with E-state index in [0.717, 1.165) is 58.3 Å². The molecule has 160 valence electrons. The van der Waals surface area contributed by atoms with E-state index in [-0.39, 0.29) is 5.91 Å². The molecule has 28 heavy (non-hydrogen) atoms. The second-order valence-corrected chi connectivity index (χ2v) is 7.96. The maximum Gasteiger partial charge on any atom is 0.236 e. The van der Waals surface area contributed by atoms with E-state index < -0.39 is 0 Å². The Kier molecular flexibility index (Phi) is 8.36. The highest BCUT2D eigenvalue weighted by Gasteiger charge is 2.25. The van der Waals surface area contributed by atoms with Gasteiger partial charge in [0.25, 0.3) is 0 Å². The first-order chi connectivity index (χ1) is 13.7. The van der Waals surface area contributed by atoms with Crippen molar-refractivity contribution < 1.29 is 9.53 Å². The maximum absolute atomic E-state index is 12.4. The summed E-state index contributed by atoms with van der Waals surface area (Å²) < 4.78 is 5.34. The van der Waals surface area contributed by atoms with E-state index in [1.165, 1.54) is 25.8 Å². The van der Waals surface area contributed by atoms with E-state index in [1.807, 2.05) is 11.9 Å². The van der Waals surface area contributed by atoms with Crippen LogP contribution in [0.4, 0.5) is 0 Å². The molecule has 0 saturated carbocycles. The van der Waals surface area contributed by atoms with Gasteiger partial charge < -0.3 is 19.9 Å². The summed E-state index contributed by atoms with van der Waals surface area (Å²) in [5.41, 5.74) is 0. The molecule has 3 heterocycles. The quantitative estimate of drug-likeness (QED) is 0.520. The van der Waals surface area contributed by atoms with Gasteiger partial charge in [-0.05, 0) is 25.9 Å². The maximum atomic E-state index is 12.4. The predicted octanol–water partition coefficient (Wildman–Crippen LogP) is -0.0874. The van der Waals surface area contributed by atoms with Crippen LogP contribution < -0.4 is 5.32 Å². The average molecular weight is 395 g/mol. The van der Waals surface area contributed by atoms with Gasteiger partial charge in [0.2, 0.25) is 5.91 Å². The van der Waals surface area contributed by atoms with E-state index in [0.29, 0.717) is 25.8 Å². The highest BCUT2D eigenvalue weighted by molar-refractivity contribution is 5.80. The number of likely N-dealkylation sites (tertiary alicyclic amines) is 1. The van der Waals surface area contributed by atoms with Crippen molar-refractivity contribution in [1.29, 1.82) is 0 Å². The lowest BCUT2D eigenvalue weighted by atomic mass is 10.0. The number of aliphatic imine (C=N–C) groups is 1. The van der Waals surface area contributed by atoms with Gasteiger partial charge in [0.1, 0.15) is 0 Å². The van der Waals surface area contributed by atoms with E-state index in [9.17, 15) is 4.79 Å². The number of piperidine rings is 1. The largest absolute Gasteiger partial charge is 0.378 e. The normalized spacial score (nSPS) is 25.8. The number of likely N-dealkylation sites (N-methyl/N-ethyl adjacent to an activating group) is 1. The second-order valence-electron chi connectivity index (χ2n) is 7.96. The molecule has 0 aromatic rings. The van der Waals surface area contributed by atoms with Crippen LogP contribution in [0.1, 0.15) is 26.2 Å². The summed E-state index contributed by atoms with van der Waals surface area (Å²) in [6, 6.07) is 0.614. The fraction of sp³-hybridized carbons (Fsp3) is 0.900. The van der Waals surface area contributed by atoms with Gasteiger partial charge >= 0.3 is 0 Å². The number of hydrogen-bond acceptors (Lipinski definition) is 5. The first-order valence-electron chi connectivity index (χ1n) is 11.0. The molecule has 8 heteroatoms. The number of piperazine rings is 1. The number of amides is 1. The van der Waals surface area contributed by atoms with Crippen molar-refractivity contribution in [3.8, 4) is 0 Å². The average Bonchev–Trinajstić information content (AvgIpc) is 2.76. The van der Waals surface area contributed by atoms with Gasteiger partial charge in [-0.3, -0.25) is 19.6 Å². The van der Waals surface area contributed by atoms with Crippen LogP contribution in [0.5, 0.6) is 0 Å². The Morgan fingerprint density at radius 2 is 1.79 bits per heavy atom. The summed E-state index contributed by atoms with van der Waals surface area (Å²) in [5.74, 6) is 1.23. The molecule has 3 aliphatic heterocycles. The highest BCUT2D eigenvalue weighted by Crippen LogP contribution is 2.16. The van der Waals surface area contributed by atoms with Crippen molar-refractivity contribution in [2.45, 2.75) is 32.2 Å². The number of rotatable bonds is 5. The molecule has 1 unspecified atom stereocenters. The third kappa shape index (κ3) is 5.81. The minimum atomic E-state index is 0.233. The van der Waals surface area contributed by atoms with E-state index in [4.69, 9.17) is 4.74 Å². The first-order valence-corrected chi connectivity index (χ1v) is 11.0. The molecular formula is C20H38N6O2. The number of ether oxygens (including phenoxy) is 1. The molecular weight excluding hydrogens is 356 g/mol. The van der Waals surface area contributed by atoms with Crippen LogP contribution in [0, 0.1) is 0 Å². The van der Waals surface area contributed by atoms with Crippen molar-refractivity contribution in [1.82, 2.24) is 24.9 Å². The summed E-state index contributed by atoms with van der Waals surface area (Å²) in [6.07, 6.45) is 3.93. The number of nitrogens with zero attached hydrogens (tertiary/aromatic N) is 5. The minimum Gasteiger partial charge on any atom is -0.378 e. The third-order valence-corrected chi connectivity index (χ3v) is 6.26. The Balaban J connectivity index is 1.40. The van der Waals surface area contributed by atoms with Crippen molar-refractivity contribution in [3.63, 3.8) is 0 Å². The Labute approximate surface area is 169 Å². The van der Waals surface area contributed by atoms with Crippen molar-refractivity contribution >= 4 is 11.9 Å². The molecule has 3 rings (SSSR count). The van der Waals surface area contributed by atoms with Crippen molar-refractivity contribution in [3.05, 3.63) is 0 Å². The molecule has 3 saturated heterocycles. The fourth-order valence-electron chi connectivity index (χ4n) is 4.47. The zero-order valence-corrected chi connectivity index (χ0v) is 17.7. The third-order valence-electron chi connectivity index (χ3n) is 6.26. The van der Waals surface area contributed by atoms with Crippen LogP contribution in [0.2, 0.25) is 0 Å². The number of guanidine groups is 1. The monoisotopic (exact) mass is 394 g/mol. The lowest BCUT2D eigenvalue weighted by Gasteiger charge is -2.39. The van der Waals surface area contributed by atoms with Gasteiger partial charge in [0.15, 0.2) is 5.96 Å². The Bertz CT molecular complexity index is 515. The van der Waals surface area contributed by atoms with Crippen LogP contribution in [-0.4, -0.2) is 123 Å². The summed E-state index contributed by atoms with van der Waals surface area (Å²) in [6.45, 7) is 12.5. The SMILES string of the molecule is CCN1CCCCC1CNC(=NC)N1CCN(CC(=O)N2CCOCC2)CC1. The van der Waals surface area contributed by atoms with Gasteiger partial charge in [0, 0.05) is 58.9 Å². The first kappa shape index (κ1) is 21.3. The second kappa shape index (κ2) is 11.0. The molecule has 3 fully saturated rings. The summed E-state index contributed by atoms with van der Waals surface area (Å²) >= 11 is 0. The number of carbonyl (C=O) groups is 1. The Morgan fingerprint density at radius 1 is 1.04 bits per heavy atom. The van der Waals surface area contributed by atoms with Gasteiger partial charge in [0.05, 0.1) is 19.8 Å². The van der Waals surface area contributed by atoms with Gasteiger partial charge in [-0.1, -0.05) is 13.3 Å². The standard InChI is InChI=1S/C20H38N6O2/c1-3-24-7-5-4-6-18(24)16-22-20(21-2)26-10-8-23(9-11-26)17-19(27)25-12-14-28-15-13-25/h18H,3-17H2,1-2H3,(H,21,22). The molecule has 0 aliphatic carbocycles. The number of carbonyl (C=O) groups excluding carboxylic acids is 1. The highest BCUT2D eigenvalue weighted by atomic mass is 16.5. The zero-order valence-electron chi connectivity index (χ0n) is 17.7. The molecule has 0 bridgehead atoms. The zero-order chi connectivity index (χ0) is 19.8. The Hall–Kier alpha value is -1.38. The summed E-state index contributed by atoms with van der Waals surface area (Å²) in [5, 5.41) is 3.61. The molecule has 0 spiro atoms. The molecule has 3 aliphatic rings. The van der Waals surface area contributed by atoms with Crippen LogP contribution >= 0.6 is 0 Å². The lowest BCUT2D eigenvalue weighted by molar-refractivity contribution is -0.136. The number of morpholine rings is 1. The topological polar surface area (TPSA) is 63.7 Å². The lowest BCUT2D eigenvalue weighted by Crippen LogP contribution is -2.56. The van der Waals surface area contributed by atoms with Crippen LogP contribution in [0.3, 0.4) is 0 Å². The molecule has 1 amide bonds. The summed E-state index contributed by atoms with van der Waals surface area (Å²) in [7, 11) is 1.87. The molecule has 0 radical (unpaired) electrons. The van der Waals surface area contributed by atoms with Crippen molar-refractivity contribution in [2.75, 3.05) is 85.7 Å². The van der Waals surface area contributed by atoms with E-state index in [1.54, 1.807) is 0 Å². The number of nitrogens with one attached hydrogen (secondary N) is 1. The van der Waals surface area contributed by atoms with Crippen LogP contribution in [-0.2, 0) is 9.53 Å². The van der Waals surface area contributed by atoms with Crippen LogP contribution in [0.15, 0.2) is 4.99 Å².